The predicted molar refractivity (Wildman–Crippen MR) is 55.4 cm³/mol. The number of terminal acetylenes is 1. The van der Waals surface area contributed by atoms with Crippen LogP contribution in [-0.4, -0.2) is 6.36 Å². The van der Waals surface area contributed by atoms with Gasteiger partial charge in [-0.2, -0.15) is 0 Å². The number of ether oxygens (including phenoxy) is 1. The molecular weight excluding hydrogens is 241 g/mol. The van der Waals surface area contributed by atoms with Gasteiger partial charge in [0.15, 0.2) is 0 Å². The highest BCUT2D eigenvalue weighted by molar-refractivity contribution is 6.32. The quantitative estimate of drug-likeness (QED) is 0.720. The van der Waals surface area contributed by atoms with Crippen LogP contribution in [-0.2, 0) is 0 Å². The van der Waals surface area contributed by atoms with E-state index in [-0.39, 0.29) is 10.9 Å². The van der Waals surface area contributed by atoms with Crippen molar-refractivity contribution < 1.29 is 17.9 Å². The summed E-state index contributed by atoms with van der Waals surface area (Å²) in [6.45, 7) is 1.75. The maximum Gasteiger partial charge on any atom is 0.573 e. The first-order valence-electron chi connectivity index (χ1n) is 4.35. The standard InChI is InChI=1S/C11H8ClF3O/c1-3-7(2)8-4-5-10(9(12)6-8)16-11(13,14)15/h1,4-7H,2H3. The van der Waals surface area contributed by atoms with E-state index in [2.05, 4.69) is 10.7 Å². The Morgan fingerprint density at radius 1 is 1.44 bits per heavy atom. The molecule has 1 aromatic carbocycles. The lowest BCUT2D eigenvalue weighted by molar-refractivity contribution is -0.274. The van der Waals surface area contributed by atoms with Gasteiger partial charge in [-0.3, -0.25) is 0 Å². The molecule has 5 heteroatoms. The molecule has 0 heterocycles. The summed E-state index contributed by atoms with van der Waals surface area (Å²) in [5, 5.41) is -0.114. The van der Waals surface area contributed by atoms with E-state index in [0.717, 1.165) is 6.07 Å². The zero-order chi connectivity index (χ0) is 12.3. The summed E-state index contributed by atoms with van der Waals surface area (Å²) in [6, 6.07) is 3.98. The van der Waals surface area contributed by atoms with Crippen LogP contribution in [0.1, 0.15) is 18.4 Å². The van der Waals surface area contributed by atoms with Crippen LogP contribution in [0.15, 0.2) is 18.2 Å². The van der Waals surface area contributed by atoms with E-state index < -0.39 is 12.1 Å². The van der Waals surface area contributed by atoms with E-state index in [4.69, 9.17) is 18.0 Å². The molecule has 0 saturated heterocycles. The summed E-state index contributed by atoms with van der Waals surface area (Å²) in [6.07, 6.45) is 0.442. The smallest absolute Gasteiger partial charge is 0.404 e. The second kappa shape index (κ2) is 4.67. The second-order valence-corrected chi connectivity index (χ2v) is 3.53. The fourth-order valence-corrected chi connectivity index (χ4v) is 1.32. The van der Waals surface area contributed by atoms with Crippen molar-refractivity contribution >= 4 is 11.6 Å². The molecule has 1 nitrogen and oxygen atoms in total. The molecular formula is C11H8ClF3O. The van der Waals surface area contributed by atoms with Gasteiger partial charge in [-0.15, -0.1) is 19.6 Å². The highest BCUT2D eigenvalue weighted by Crippen LogP contribution is 2.32. The first-order chi connectivity index (χ1) is 7.33. The van der Waals surface area contributed by atoms with Crippen molar-refractivity contribution in [3.8, 4) is 18.1 Å². The molecule has 0 aliphatic carbocycles. The predicted octanol–water partition coefficient (Wildman–Crippen LogP) is 3.98. The summed E-state index contributed by atoms with van der Waals surface area (Å²) < 4.78 is 39.5. The van der Waals surface area contributed by atoms with Crippen molar-refractivity contribution in [2.75, 3.05) is 0 Å². The van der Waals surface area contributed by atoms with Gasteiger partial charge in [0.2, 0.25) is 0 Å². The average Bonchev–Trinajstić information content (AvgIpc) is 2.18. The molecule has 1 aromatic rings. The van der Waals surface area contributed by atoms with Crippen LogP contribution in [0.25, 0.3) is 0 Å². The minimum absolute atomic E-state index is 0.114. The molecule has 0 fully saturated rings. The van der Waals surface area contributed by atoms with E-state index in [9.17, 15) is 13.2 Å². The Balaban J connectivity index is 2.97. The molecule has 16 heavy (non-hydrogen) atoms. The summed E-state index contributed by atoms with van der Waals surface area (Å²) in [5.41, 5.74) is 0.669. The van der Waals surface area contributed by atoms with Crippen LogP contribution < -0.4 is 4.74 Å². The molecule has 1 unspecified atom stereocenters. The van der Waals surface area contributed by atoms with Gasteiger partial charge in [0, 0.05) is 5.92 Å². The highest BCUT2D eigenvalue weighted by atomic mass is 35.5. The van der Waals surface area contributed by atoms with E-state index in [0.29, 0.717) is 5.56 Å². The van der Waals surface area contributed by atoms with E-state index >= 15 is 0 Å². The molecule has 0 aliphatic heterocycles. The Morgan fingerprint density at radius 3 is 2.50 bits per heavy atom. The van der Waals surface area contributed by atoms with Crippen molar-refractivity contribution in [2.45, 2.75) is 19.2 Å². The topological polar surface area (TPSA) is 9.23 Å². The van der Waals surface area contributed by atoms with Crippen molar-refractivity contribution in [1.82, 2.24) is 0 Å². The first-order valence-corrected chi connectivity index (χ1v) is 4.72. The van der Waals surface area contributed by atoms with Gasteiger partial charge in [-0.05, 0) is 24.6 Å². The largest absolute Gasteiger partial charge is 0.573 e. The summed E-state index contributed by atoms with van der Waals surface area (Å²) in [4.78, 5) is 0. The fourth-order valence-electron chi connectivity index (χ4n) is 1.09. The van der Waals surface area contributed by atoms with Gasteiger partial charge in [-0.25, -0.2) is 0 Å². The number of hydrogen-bond acceptors (Lipinski definition) is 1. The molecule has 0 saturated carbocycles. The molecule has 1 atom stereocenters. The zero-order valence-electron chi connectivity index (χ0n) is 8.31. The Morgan fingerprint density at radius 2 is 2.06 bits per heavy atom. The number of rotatable bonds is 2. The molecule has 0 aromatic heterocycles. The lowest BCUT2D eigenvalue weighted by Crippen LogP contribution is -2.17. The molecule has 0 radical (unpaired) electrons. The maximum absolute atomic E-state index is 11.9. The number of benzene rings is 1. The maximum atomic E-state index is 11.9. The zero-order valence-corrected chi connectivity index (χ0v) is 9.06. The van der Waals surface area contributed by atoms with Gasteiger partial charge < -0.3 is 4.74 Å². The van der Waals surface area contributed by atoms with E-state index in [1.165, 1.54) is 12.1 Å². The third kappa shape index (κ3) is 3.35. The van der Waals surface area contributed by atoms with Crippen LogP contribution >= 0.6 is 11.6 Å². The highest BCUT2D eigenvalue weighted by Gasteiger charge is 2.32. The summed E-state index contributed by atoms with van der Waals surface area (Å²) >= 11 is 5.64. The van der Waals surface area contributed by atoms with Crippen LogP contribution in [0, 0.1) is 12.3 Å². The minimum Gasteiger partial charge on any atom is -0.404 e. The fraction of sp³-hybridized carbons (Fsp3) is 0.273. The Labute approximate surface area is 96.2 Å². The molecule has 0 spiro atoms. The van der Waals surface area contributed by atoms with Crippen LogP contribution in [0.5, 0.6) is 5.75 Å². The van der Waals surface area contributed by atoms with Gasteiger partial charge in [-0.1, -0.05) is 23.6 Å². The van der Waals surface area contributed by atoms with Gasteiger partial charge >= 0.3 is 6.36 Å². The van der Waals surface area contributed by atoms with Crippen molar-refractivity contribution in [3.63, 3.8) is 0 Å². The average molecular weight is 249 g/mol. The molecule has 1 rings (SSSR count). The first kappa shape index (κ1) is 12.7. The molecule has 0 N–H and O–H groups in total. The Kier molecular flexibility index (Phi) is 3.71. The number of alkyl halides is 3. The number of hydrogen-bond donors (Lipinski definition) is 0. The van der Waals surface area contributed by atoms with Crippen molar-refractivity contribution in [1.29, 1.82) is 0 Å². The lowest BCUT2D eigenvalue weighted by Gasteiger charge is -2.12. The van der Waals surface area contributed by atoms with E-state index in [1.54, 1.807) is 6.92 Å². The SMILES string of the molecule is C#CC(C)c1ccc(OC(F)(F)F)c(Cl)c1. The van der Waals surface area contributed by atoms with Crippen LogP contribution in [0.2, 0.25) is 5.02 Å². The van der Waals surface area contributed by atoms with Crippen molar-refractivity contribution in [2.24, 2.45) is 0 Å². The monoisotopic (exact) mass is 248 g/mol. The normalized spacial score (nSPS) is 13.0. The Bertz CT molecular complexity index is 420. The van der Waals surface area contributed by atoms with E-state index in [1.807, 2.05) is 0 Å². The molecule has 0 amide bonds. The summed E-state index contributed by atoms with van der Waals surface area (Å²) in [7, 11) is 0. The third-order valence-electron chi connectivity index (χ3n) is 1.93. The minimum atomic E-state index is -4.75. The van der Waals surface area contributed by atoms with Gasteiger partial charge in [0.1, 0.15) is 5.75 Å². The lowest BCUT2D eigenvalue weighted by atomic mass is 10.0. The van der Waals surface area contributed by atoms with Crippen molar-refractivity contribution in [3.05, 3.63) is 28.8 Å². The third-order valence-corrected chi connectivity index (χ3v) is 2.23. The molecule has 0 aliphatic rings. The second-order valence-electron chi connectivity index (χ2n) is 3.13. The summed E-state index contributed by atoms with van der Waals surface area (Å²) in [5.74, 6) is 1.82. The van der Waals surface area contributed by atoms with Gasteiger partial charge in [0.05, 0.1) is 5.02 Å². The Hall–Kier alpha value is -1.34. The van der Waals surface area contributed by atoms with Crippen LogP contribution in [0.4, 0.5) is 13.2 Å². The molecule has 86 valence electrons. The van der Waals surface area contributed by atoms with Crippen LogP contribution in [0.3, 0.4) is 0 Å². The van der Waals surface area contributed by atoms with Gasteiger partial charge in [0.25, 0.3) is 0 Å². The number of halogens is 4. The molecule has 0 bridgehead atoms.